The first-order valence-corrected chi connectivity index (χ1v) is 10.0. The Labute approximate surface area is 168 Å². The topological polar surface area (TPSA) is 30.2 Å². The first kappa shape index (κ1) is 20.2. The van der Waals surface area contributed by atoms with Gasteiger partial charge in [-0.15, -0.1) is 0 Å². The van der Waals surface area contributed by atoms with E-state index >= 15 is 0 Å². The lowest BCUT2D eigenvalue weighted by molar-refractivity contribution is 0.185. The van der Waals surface area contributed by atoms with E-state index in [1.54, 1.807) is 4.68 Å². The van der Waals surface area contributed by atoms with E-state index in [4.69, 9.17) is 0 Å². The SMILES string of the molecule is CC[C@@H](C)N(Cc1ccc(C)cc1)Cc1c(C)n(C)n(-c2ccccc2)c1=O. The third kappa shape index (κ3) is 4.12. The van der Waals surface area contributed by atoms with Crippen LogP contribution in [0.3, 0.4) is 0 Å². The van der Waals surface area contributed by atoms with Crippen LogP contribution < -0.4 is 5.56 Å². The molecule has 0 fully saturated rings. The smallest absolute Gasteiger partial charge is 0.276 e. The molecule has 0 aliphatic heterocycles. The van der Waals surface area contributed by atoms with E-state index in [9.17, 15) is 4.79 Å². The Hall–Kier alpha value is -2.59. The van der Waals surface area contributed by atoms with E-state index in [1.807, 2.05) is 49.0 Å². The summed E-state index contributed by atoms with van der Waals surface area (Å²) in [6.07, 6.45) is 1.05. The second kappa shape index (κ2) is 8.61. The molecule has 4 heteroatoms. The summed E-state index contributed by atoms with van der Waals surface area (Å²) in [5.41, 5.74) is 5.41. The van der Waals surface area contributed by atoms with Gasteiger partial charge in [-0.3, -0.25) is 14.4 Å². The fraction of sp³-hybridized carbons (Fsp3) is 0.375. The third-order valence-electron chi connectivity index (χ3n) is 5.76. The Morgan fingerprint density at radius 1 is 0.964 bits per heavy atom. The summed E-state index contributed by atoms with van der Waals surface area (Å²) >= 11 is 0. The number of para-hydroxylation sites is 1. The highest BCUT2D eigenvalue weighted by molar-refractivity contribution is 5.33. The Morgan fingerprint density at radius 3 is 2.21 bits per heavy atom. The molecule has 2 aromatic carbocycles. The molecule has 0 amide bonds. The lowest BCUT2D eigenvalue weighted by Gasteiger charge is -2.28. The van der Waals surface area contributed by atoms with Gasteiger partial charge in [0.1, 0.15) is 0 Å². The van der Waals surface area contributed by atoms with Gasteiger partial charge in [0.05, 0.1) is 11.3 Å². The maximum atomic E-state index is 13.3. The molecular formula is C24H31N3O. The molecule has 0 spiro atoms. The molecule has 28 heavy (non-hydrogen) atoms. The second-order valence-corrected chi connectivity index (χ2v) is 7.69. The van der Waals surface area contributed by atoms with Gasteiger partial charge in [-0.1, -0.05) is 55.0 Å². The van der Waals surface area contributed by atoms with Gasteiger partial charge in [-0.05, 0) is 44.9 Å². The molecule has 0 saturated carbocycles. The van der Waals surface area contributed by atoms with Gasteiger partial charge in [0.2, 0.25) is 0 Å². The van der Waals surface area contributed by atoms with Crippen LogP contribution in [-0.2, 0) is 20.1 Å². The minimum Gasteiger partial charge on any atom is -0.292 e. The summed E-state index contributed by atoms with van der Waals surface area (Å²) in [4.78, 5) is 15.7. The van der Waals surface area contributed by atoms with Crippen LogP contribution in [0.25, 0.3) is 5.69 Å². The van der Waals surface area contributed by atoms with Crippen molar-refractivity contribution < 1.29 is 0 Å². The Bertz CT molecular complexity index is 968. The summed E-state index contributed by atoms with van der Waals surface area (Å²) < 4.78 is 3.74. The lowest BCUT2D eigenvalue weighted by Crippen LogP contribution is -2.34. The molecule has 0 aliphatic rings. The molecule has 1 aromatic heterocycles. The van der Waals surface area contributed by atoms with E-state index in [2.05, 4.69) is 49.9 Å². The largest absolute Gasteiger partial charge is 0.292 e. The zero-order chi connectivity index (χ0) is 20.3. The highest BCUT2D eigenvalue weighted by Gasteiger charge is 2.21. The van der Waals surface area contributed by atoms with Crippen molar-refractivity contribution in [1.29, 1.82) is 0 Å². The summed E-state index contributed by atoms with van der Waals surface area (Å²) in [5.74, 6) is 0. The number of nitrogens with zero attached hydrogens (tertiary/aromatic N) is 3. The van der Waals surface area contributed by atoms with Crippen molar-refractivity contribution in [3.8, 4) is 5.69 Å². The number of benzene rings is 2. The van der Waals surface area contributed by atoms with E-state index in [0.29, 0.717) is 12.6 Å². The van der Waals surface area contributed by atoms with Gasteiger partial charge < -0.3 is 0 Å². The van der Waals surface area contributed by atoms with E-state index < -0.39 is 0 Å². The van der Waals surface area contributed by atoms with Crippen molar-refractivity contribution in [3.05, 3.63) is 87.3 Å². The zero-order valence-electron chi connectivity index (χ0n) is 17.6. The molecule has 4 nitrogen and oxygen atoms in total. The number of aromatic nitrogens is 2. The molecule has 1 heterocycles. The van der Waals surface area contributed by atoms with Gasteiger partial charge in [-0.25, -0.2) is 4.68 Å². The van der Waals surface area contributed by atoms with Gasteiger partial charge in [0.15, 0.2) is 0 Å². The van der Waals surface area contributed by atoms with Crippen molar-refractivity contribution in [2.45, 2.75) is 53.2 Å². The molecule has 0 bridgehead atoms. The average Bonchev–Trinajstić information content (AvgIpc) is 2.92. The number of hydrogen-bond acceptors (Lipinski definition) is 2. The second-order valence-electron chi connectivity index (χ2n) is 7.69. The van der Waals surface area contributed by atoms with Crippen molar-refractivity contribution in [2.24, 2.45) is 7.05 Å². The Balaban J connectivity index is 1.95. The quantitative estimate of drug-likeness (QED) is 0.603. The fourth-order valence-corrected chi connectivity index (χ4v) is 3.56. The molecule has 148 valence electrons. The standard InChI is InChI=1S/C24H31N3O/c1-6-19(3)26(16-21-14-12-18(2)13-15-21)17-23-20(4)25(5)27(24(23)28)22-10-8-7-9-11-22/h7-15,19H,6,16-17H2,1-5H3/t19-/m1/s1. The minimum atomic E-state index is 0.0726. The van der Waals surface area contributed by atoms with E-state index in [1.165, 1.54) is 11.1 Å². The maximum Gasteiger partial charge on any atom is 0.276 e. The fourth-order valence-electron chi connectivity index (χ4n) is 3.56. The summed E-state index contributed by atoms with van der Waals surface area (Å²) in [6, 6.07) is 18.9. The third-order valence-corrected chi connectivity index (χ3v) is 5.76. The van der Waals surface area contributed by atoms with Crippen molar-refractivity contribution in [1.82, 2.24) is 14.3 Å². The molecule has 0 saturated heterocycles. The maximum absolute atomic E-state index is 13.3. The van der Waals surface area contributed by atoms with Gasteiger partial charge in [-0.2, -0.15) is 0 Å². The van der Waals surface area contributed by atoms with Crippen LogP contribution in [0.4, 0.5) is 0 Å². The Morgan fingerprint density at radius 2 is 1.61 bits per heavy atom. The molecule has 0 aliphatic carbocycles. The van der Waals surface area contributed by atoms with E-state index in [-0.39, 0.29) is 5.56 Å². The summed E-state index contributed by atoms with van der Waals surface area (Å²) in [5, 5.41) is 0. The molecular weight excluding hydrogens is 346 g/mol. The normalized spacial score (nSPS) is 12.5. The predicted octanol–water partition coefficient (Wildman–Crippen LogP) is 4.59. The first-order chi connectivity index (χ1) is 13.4. The van der Waals surface area contributed by atoms with Crippen LogP contribution in [-0.4, -0.2) is 20.3 Å². The first-order valence-electron chi connectivity index (χ1n) is 10.0. The van der Waals surface area contributed by atoms with Gasteiger partial charge >= 0.3 is 0 Å². The number of rotatable bonds is 7. The van der Waals surface area contributed by atoms with Crippen LogP contribution in [0.2, 0.25) is 0 Å². The molecule has 1 atom stereocenters. The lowest BCUT2D eigenvalue weighted by atomic mass is 10.1. The highest BCUT2D eigenvalue weighted by atomic mass is 16.1. The Kier molecular flexibility index (Phi) is 6.20. The summed E-state index contributed by atoms with van der Waals surface area (Å²) in [7, 11) is 1.96. The highest BCUT2D eigenvalue weighted by Crippen LogP contribution is 2.17. The molecule has 3 rings (SSSR count). The molecule has 0 N–H and O–H groups in total. The zero-order valence-corrected chi connectivity index (χ0v) is 17.6. The minimum absolute atomic E-state index is 0.0726. The van der Waals surface area contributed by atoms with Gasteiger partial charge in [0.25, 0.3) is 5.56 Å². The van der Waals surface area contributed by atoms with E-state index in [0.717, 1.165) is 29.9 Å². The van der Waals surface area contributed by atoms with Crippen LogP contribution in [0, 0.1) is 13.8 Å². The van der Waals surface area contributed by atoms with Crippen LogP contribution >= 0.6 is 0 Å². The predicted molar refractivity (Wildman–Crippen MR) is 116 cm³/mol. The molecule has 0 unspecified atom stereocenters. The monoisotopic (exact) mass is 377 g/mol. The van der Waals surface area contributed by atoms with Crippen molar-refractivity contribution in [3.63, 3.8) is 0 Å². The number of aryl methyl sites for hydroxylation is 1. The molecule has 0 radical (unpaired) electrons. The van der Waals surface area contributed by atoms with Gasteiger partial charge in [0, 0.05) is 31.9 Å². The number of hydrogen-bond donors (Lipinski definition) is 0. The van der Waals surface area contributed by atoms with Crippen molar-refractivity contribution in [2.75, 3.05) is 0 Å². The average molecular weight is 378 g/mol. The van der Waals surface area contributed by atoms with Crippen LogP contribution in [0.15, 0.2) is 59.4 Å². The van der Waals surface area contributed by atoms with Crippen molar-refractivity contribution >= 4 is 0 Å². The summed E-state index contributed by atoms with van der Waals surface area (Å²) in [6.45, 7) is 10.1. The van der Waals surface area contributed by atoms with Crippen LogP contribution in [0.5, 0.6) is 0 Å². The molecule has 3 aromatic rings. The van der Waals surface area contributed by atoms with Crippen LogP contribution in [0.1, 0.15) is 42.7 Å².